The summed E-state index contributed by atoms with van der Waals surface area (Å²) in [6.07, 6.45) is 0. The molecule has 0 spiro atoms. The van der Waals surface area contributed by atoms with Crippen LogP contribution in [0.5, 0.6) is 11.5 Å². The predicted octanol–water partition coefficient (Wildman–Crippen LogP) is 2.89. The van der Waals surface area contributed by atoms with Gasteiger partial charge in [0, 0.05) is 0 Å². The Hall–Kier alpha value is -0.0936. The number of hydrogen-bond donors (Lipinski definition) is 0. The van der Waals surface area contributed by atoms with Gasteiger partial charge in [-0.1, -0.05) is 36.4 Å². The molecule has 84 valence electrons. The summed E-state index contributed by atoms with van der Waals surface area (Å²) in [5.41, 5.74) is 0. The molecule has 0 aromatic heterocycles. The molecule has 0 atom stereocenters. The Balaban J connectivity index is 0.00000144. The molecule has 2 rings (SSSR count). The number of para-hydroxylation sites is 2. The van der Waals surface area contributed by atoms with E-state index in [4.69, 9.17) is 9.05 Å². The van der Waals surface area contributed by atoms with E-state index >= 15 is 0 Å². The standard InChI is InChI=1S/C12H11O3P.K.H/c13-16(14-11-7-3-1-4-8-11)15-12-9-5-2-6-10-12;;/h1-10,16H;;. The average Bonchev–Trinajstić information content (AvgIpc) is 2.31. The van der Waals surface area contributed by atoms with Gasteiger partial charge in [-0.2, -0.15) is 0 Å². The van der Waals surface area contributed by atoms with Gasteiger partial charge in [-0.15, -0.1) is 0 Å². The second-order valence-corrected chi connectivity index (χ2v) is 3.99. The first-order valence-corrected chi connectivity index (χ1v) is 6.07. The molecule has 0 fully saturated rings. The molecule has 5 heteroatoms. The molecular weight excluding hydrogens is 262 g/mol. The summed E-state index contributed by atoms with van der Waals surface area (Å²) in [7, 11) is -2.54. The molecule has 0 radical (unpaired) electrons. The third-order valence-electron chi connectivity index (χ3n) is 1.89. The van der Waals surface area contributed by atoms with Gasteiger partial charge in [0.25, 0.3) is 0 Å². The van der Waals surface area contributed by atoms with E-state index < -0.39 is 8.25 Å². The van der Waals surface area contributed by atoms with E-state index in [1.165, 1.54) is 0 Å². The third-order valence-corrected chi connectivity index (χ3v) is 2.69. The topological polar surface area (TPSA) is 35.5 Å². The van der Waals surface area contributed by atoms with Crippen molar-refractivity contribution in [1.29, 1.82) is 0 Å². The molecule has 0 aliphatic heterocycles. The Bertz CT molecular complexity index is 418. The summed E-state index contributed by atoms with van der Waals surface area (Å²) in [6, 6.07) is 17.9. The molecule has 0 aliphatic carbocycles. The van der Waals surface area contributed by atoms with E-state index in [0.29, 0.717) is 11.5 Å². The van der Waals surface area contributed by atoms with Crippen molar-refractivity contribution in [3.05, 3.63) is 60.7 Å². The summed E-state index contributed by atoms with van der Waals surface area (Å²) in [5.74, 6) is 1.09. The van der Waals surface area contributed by atoms with Crippen molar-refractivity contribution in [2.75, 3.05) is 0 Å². The molecule has 2 aromatic carbocycles. The minimum atomic E-state index is -2.54. The van der Waals surface area contributed by atoms with Gasteiger partial charge in [-0.05, 0) is 24.3 Å². The molecule has 0 amide bonds. The van der Waals surface area contributed by atoms with E-state index in [1.54, 1.807) is 24.3 Å². The molecule has 0 unspecified atom stereocenters. The van der Waals surface area contributed by atoms with Crippen LogP contribution in [0.3, 0.4) is 0 Å². The monoisotopic (exact) mass is 274 g/mol. The number of rotatable bonds is 4. The fourth-order valence-electron chi connectivity index (χ4n) is 1.19. The van der Waals surface area contributed by atoms with Crippen molar-refractivity contribution in [1.82, 2.24) is 0 Å². The van der Waals surface area contributed by atoms with Crippen molar-refractivity contribution in [3.8, 4) is 11.5 Å². The zero-order chi connectivity index (χ0) is 11.2. The van der Waals surface area contributed by atoms with Gasteiger partial charge in [-0.25, -0.2) is 4.57 Å². The molecule has 0 aliphatic rings. The SMILES string of the molecule is O=[PH](Oc1ccccc1)Oc1ccccc1.[KH]. The van der Waals surface area contributed by atoms with Crippen LogP contribution in [0.25, 0.3) is 0 Å². The maximum absolute atomic E-state index is 11.5. The van der Waals surface area contributed by atoms with Crippen LogP contribution in [0.15, 0.2) is 60.7 Å². The molecule has 0 saturated carbocycles. The average molecular weight is 274 g/mol. The number of hydrogen-bond acceptors (Lipinski definition) is 3. The third kappa shape index (κ3) is 5.38. The second kappa shape index (κ2) is 8.09. The van der Waals surface area contributed by atoms with Gasteiger partial charge in [0.2, 0.25) is 0 Å². The van der Waals surface area contributed by atoms with E-state index in [9.17, 15) is 4.57 Å². The van der Waals surface area contributed by atoms with Crippen molar-refractivity contribution in [2.45, 2.75) is 0 Å². The van der Waals surface area contributed by atoms with Crippen molar-refractivity contribution in [2.24, 2.45) is 0 Å². The fourth-order valence-corrected chi connectivity index (χ4v) is 1.89. The summed E-state index contributed by atoms with van der Waals surface area (Å²) in [4.78, 5) is 0. The summed E-state index contributed by atoms with van der Waals surface area (Å²) in [6.45, 7) is 0. The van der Waals surface area contributed by atoms with Crippen LogP contribution >= 0.6 is 8.25 Å². The molecule has 0 heterocycles. The van der Waals surface area contributed by atoms with Gasteiger partial charge in [0.15, 0.2) is 0 Å². The van der Waals surface area contributed by atoms with E-state index in [2.05, 4.69) is 0 Å². The summed E-state index contributed by atoms with van der Waals surface area (Å²) < 4.78 is 21.8. The first-order valence-electron chi connectivity index (χ1n) is 4.84. The van der Waals surface area contributed by atoms with Crippen LogP contribution in [-0.4, -0.2) is 51.4 Å². The molecule has 0 saturated heterocycles. The van der Waals surface area contributed by atoms with Crippen molar-refractivity contribution < 1.29 is 13.6 Å². The van der Waals surface area contributed by atoms with Gasteiger partial charge in [-0.3, -0.25) is 0 Å². The van der Waals surface area contributed by atoms with Crippen LogP contribution in [0.2, 0.25) is 0 Å². The molecule has 0 bridgehead atoms. The maximum atomic E-state index is 11.5. The first-order chi connectivity index (χ1) is 7.84. The summed E-state index contributed by atoms with van der Waals surface area (Å²) >= 11 is 0. The molecule has 0 N–H and O–H groups in total. The first kappa shape index (κ1) is 15.0. The zero-order valence-electron chi connectivity index (χ0n) is 8.50. The van der Waals surface area contributed by atoms with Gasteiger partial charge >= 0.3 is 59.6 Å². The van der Waals surface area contributed by atoms with Gasteiger partial charge in [0.1, 0.15) is 11.5 Å². The van der Waals surface area contributed by atoms with E-state index in [1.807, 2.05) is 36.4 Å². The van der Waals surface area contributed by atoms with E-state index in [-0.39, 0.29) is 51.4 Å². The molecule has 3 nitrogen and oxygen atoms in total. The van der Waals surface area contributed by atoms with Gasteiger partial charge in [0.05, 0.1) is 0 Å². The Morgan fingerprint density at radius 1 is 0.706 bits per heavy atom. The van der Waals surface area contributed by atoms with Gasteiger partial charge < -0.3 is 9.05 Å². The minimum absolute atomic E-state index is 0. The Labute approximate surface area is 144 Å². The van der Waals surface area contributed by atoms with Crippen LogP contribution in [0.1, 0.15) is 0 Å². The van der Waals surface area contributed by atoms with Crippen molar-refractivity contribution >= 4 is 59.6 Å². The number of benzene rings is 2. The molecular formula is C12H12KO3P. The molecule has 17 heavy (non-hydrogen) atoms. The van der Waals surface area contributed by atoms with E-state index in [0.717, 1.165) is 0 Å². The Morgan fingerprint density at radius 2 is 1.06 bits per heavy atom. The zero-order valence-corrected chi connectivity index (χ0v) is 9.50. The molecule has 2 aromatic rings. The normalized spacial score (nSPS) is 9.47. The quantitative estimate of drug-likeness (QED) is 0.635. The predicted molar refractivity (Wildman–Crippen MR) is 70.3 cm³/mol. The Morgan fingerprint density at radius 3 is 1.41 bits per heavy atom. The van der Waals surface area contributed by atoms with Crippen LogP contribution in [0, 0.1) is 0 Å². The fraction of sp³-hybridized carbons (Fsp3) is 0. The van der Waals surface area contributed by atoms with Crippen LogP contribution in [0.4, 0.5) is 0 Å². The van der Waals surface area contributed by atoms with Crippen LogP contribution in [-0.2, 0) is 4.57 Å². The van der Waals surface area contributed by atoms with Crippen LogP contribution < -0.4 is 9.05 Å². The Kier molecular flexibility index (Phi) is 7.12. The second-order valence-electron chi connectivity index (χ2n) is 3.08. The van der Waals surface area contributed by atoms with Crippen molar-refractivity contribution in [3.63, 3.8) is 0 Å². The summed E-state index contributed by atoms with van der Waals surface area (Å²) in [5, 5.41) is 0.